The lowest BCUT2D eigenvalue weighted by Crippen LogP contribution is -2.23. The molecular formula is C24H23N5O2. The van der Waals surface area contributed by atoms with Crippen molar-refractivity contribution in [1.29, 1.82) is 0 Å². The van der Waals surface area contributed by atoms with Crippen molar-refractivity contribution in [2.24, 2.45) is 7.05 Å². The van der Waals surface area contributed by atoms with E-state index in [1.807, 2.05) is 30.3 Å². The van der Waals surface area contributed by atoms with Gasteiger partial charge in [-0.25, -0.2) is 9.78 Å². The van der Waals surface area contributed by atoms with Crippen LogP contribution in [0.1, 0.15) is 35.4 Å². The van der Waals surface area contributed by atoms with Gasteiger partial charge in [-0.05, 0) is 53.8 Å². The summed E-state index contributed by atoms with van der Waals surface area (Å²) in [6.45, 7) is 2.36. The Morgan fingerprint density at radius 1 is 1.00 bits per heavy atom. The summed E-state index contributed by atoms with van der Waals surface area (Å²) in [6, 6.07) is 20.0. The van der Waals surface area contributed by atoms with E-state index in [1.165, 1.54) is 20.5 Å². The van der Waals surface area contributed by atoms with E-state index in [-0.39, 0.29) is 5.69 Å². The second kappa shape index (κ2) is 7.83. The molecule has 0 aliphatic heterocycles. The van der Waals surface area contributed by atoms with Crippen molar-refractivity contribution < 1.29 is 4.74 Å². The number of ether oxygens (including phenoxy) is 1. The maximum Gasteiger partial charge on any atom is 0.368 e. The van der Waals surface area contributed by atoms with Crippen LogP contribution in [0.4, 0.5) is 0 Å². The summed E-state index contributed by atoms with van der Waals surface area (Å²) >= 11 is 0. The maximum absolute atomic E-state index is 12.5. The van der Waals surface area contributed by atoms with E-state index in [0.717, 1.165) is 29.7 Å². The average Bonchev–Trinajstić information content (AvgIpc) is 3.58. The van der Waals surface area contributed by atoms with E-state index in [9.17, 15) is 4.79 Å². The first-order valence-electron chi connectivity index (χ1n) is 10.4. The van der Waals surface area contributed by atoms with Crippen molar-refractivity contribution >= 4 is 0 Å². The predicted octanol–water partition coefficient (Wildman–Crippen LogP) is 3.79. The lowest BCUT2D eigenvalue weighted by Gasteiger charge is -2.15. The Bertz CT molecular complexity index is 1290. The number of hydrogen-bond donors (Lipinski definition) is 0. The molecule has 1 aliphatic rings. The lowest BCUT2D eigenvalue weighted by molar-refractivity contribution is 0.292. The third-order valence-electron chi connectivity index (χ3n) is 5.59. The number of benzene rings is 2. The van der Waals surface area contributed by atoms with E-state index in [0.29, 0.717) is 24.1 Å². The molecule has 0 spiro atoms. The first-order chi connectivity index (χ1) is 15.1. The molecule has 4 aromatic rings. The third-order valence-corrected chi connectivity index (χ3v) is 5.59. The zero-order chi connectivity index (χ0) is 21.4. The highest BCUT2D eigenvalue weighted by Gasteiger charge is 2.28. The molecule has 0 N–H and O–H groups in total. The summed E-state index contributed by atoms with van der Waals surface area (Å²) in [5.74, 6) is 1.04. The van der Waals surface area contributed by atoms with Crippen molar-refractivity contribution in [2.45, 2.75) is 32.3 Å². The van der Waals surface area contributed by atoms with Gasteiger partial charge in [-0.15, -0.1) is 0 Å². The van der Waals surface area contributed by atoms with Crippen molar-refractivity contribution in [3.05, 3.63) is 87.8 Å². The van der Waals surface area contributed by atoms with Gasteiger partial charge in [-0.3, -0.25) is 0 Å². The third kappa shape index (κ3) is 3.86. The van der Waals surface area contributed by atoms with Crippen LogP contribution in [-0.4, -0.2) is 24.8 Å². The number of aromatic nitrogens is 5. The highest BCUT2D eigenvalue weighted by atomic mass is 16.5. The Labute approximate surface area is 179 Å². The highest BCUT2D eigenvalue weighted by Crippen LogP contribution is 2.43. The van der Waals surface area contributed by atoms with Crippen LogP contribution in [0.25, 0.3) is 16.9 Å². The van der Waals surface area contributed by atoms with E-state index in [1.54, 1.807) is 7.05 Å². The van der Waals surface area contributed by atoms with Gasteiger partial charge in [-0.2, -0.15) is 9.36 Å². The second-order valence-electron chi connectivity index (χ2n) is 7.93. The van der Waals surface area contributed by atoms with Gasteiger partial charge in [0, 0.05) is 24.2 Å². The van der Waals surface area contributed by atoms with Crippen LogP contribution in [-0.2, 0) is 13.7 Å². The number of pyridine rings is 1. The average molecular weight is 413 g/mol. The van der Waals surface area contributed by atoms with Crippen molar-refractivity contribution in [3.8, 4) is 22.8 Å². The summed E-state index contributed by atoms with van der Waals surface area (Å²) in [7, 11) is 1.59. The zero-order valence-corrected chi connectivity index (χ0v) is 17.5. The monoisotopic (exact) mass is 413 g/mol. The molecule has 7 heteroatoms. The van der Waals surface area contributed by atoms with Crippen LogP contribution in [0.3, 0.4) is 0 Å². The van der Waals surface area contributed by atoms with Gasteiger partial charge in [-0.1, -0.05) is 48.0 Å². The van der Waals surface area contributed by atoms with Gasteiger partial charge in [0.05, 0.1) is 11.4 Å². The summed E-state index contributed by atoms with van der Waals surface area (Å²) < 4.78 is 8.68. The summed E-state index contributed by atoms with van der Waals surface area (Å²) in [6.07, 6.45) is 2.29. The molecule has 0 atom stereocenters. The first-order valence-corrected chi connectivity index (χ1v) is 10.4. The van der Waals surface area contributed by atoms with Crippen LogP contribution in [0.2, 0.25) is 0 Å². The molecule has 5 rings (SSSR count). The molecule has 1 aliphatic carbocycles. The standard InChI is InChI=1S/C24H23N5O2/c1-16-9-11-18(12-10-16)21-6-4-8-23(25-21)31-15-20-19(17-13-14-17)5-3-7-22(20)29-24(30)28(2)26-27-29/h3-12,17H,13-15H2,1-2H3. The molecule has 156 valence electrons. The molecule has 31 heavy (non-hydrogen) atoms. The van der Waals surface area contributed by atoms with Crippen LogP contribution >= 0.6 is 0 Å². The van der Waals surface area contributed by atoms with Crippen LogP contribution < -0.4 is 10.4 Å². The molecular weight excluding hydrogens is 390 g/mol. The number of nitrogens with zero attached hydrogens (tertiary/aromatic N) is 5. The minimum absolute atomic E-state index is 0.284. The molecule has 1 saturated carbocycles. The topological polar surface area (TPSA) is 74.8 Å². The van der Waals surface area contributed by atoms with Gasteiger partial charge in [0.1, 0.15) is 6.61 Å². The van der Waals surface area contributed by atoms with E-state index < -0.39 is 0 Å². The zero-order valence-electron chi connectivity index (χ0n) is 17.5. The summed E-state index contributed by atoms with van der Waals surface area (Å²) in [5, 5.41) is 7.89. The van der Waals surface area contributed by atoms with Crippen LogP contribution in [0, 0.1) is 6.92 Å². The van der Waals surface area contributed by atoms with Gasteiger partial charge < -0.3 is 4.74 Å². The fourth-order valence-corrected chi connectivity index (χ4v) is 3.72. The van der Waals surface area contributed by atoms with E-state index >= 15 is 0 Å². The summed E-state index contributed by atoms with van der Waals surface area (Å²) in [5.41, 5.74) is 5.69. The second-order valence-corrected chi connectivity index (χ2v) is 7.93. The molecule has 2 heterocycles. The molecule has 2 aromatic carbocycles. The Morgan fingerprint density at radius 2 is 1.77 bits per heavy atom. The fourth-order valence-electron chi connectivity index (χ4n) is 3.72. The Hall–Kier alpha value is -3.74. The Balaban J connectivity index is 1.47. The van der Waals surface area contributed by atoms with Crippen LogP contribution in [0.15, 0.2) is 65.5 Å². The molecule has 1 fully saturated rings. The van der Waals surface area contributed by atoms with Crippen molar-refractivity contribution in [1.82, 2.24) is 24.8 Å². The molecule has 7 nitrogen and oxygen atoms in total. The van der Waals surface area contributed by atoms with Gasteiger partial charge in [0.15, 0.2) is 0 Å². The molecule has 0 amide bonds. The quantitative estimate of drug-likeness (QED) is 0.481. The Kier molecular flexibility index (Phi) is 4.86. The van der Waals surface area contributed by atoms with E-state index in [4.69, 9.17) is 4.74 Å². The van der Waals surface area contributed by atoms with Crippen molar-refractivity contribution in [2.75, 3.05) is 0 Å². The molecule has 0 saturated heterocycles. The van der Waals surface area contributed by atoms with Gasteiger partial charge >= 0.3 is 5.69 Å². The number of tetrazole rings is 1. The number of aryl methyl sites for hydroxylation is 2. The minimum atomic E-state index is -0.284. The number of rotatable bonds is 6. The van der Waals surface area contributed by atoms with E-state index in [2.05, 4.69) is 52.7 Å². The number of hydrogen-bond acceptors (Lipinski definition) is 5. The maximum atomic E-state index is 12.5. The molecule has 0 radical (unpaired) electrons. The lowest BCUT2D eigenvalue weighted by atomic mass is 10.0. The fraction of sp³-hybridized carbons (Fsp3) is 0.250. The SMILES string of the molecule is Cc1ccc(-c2cccc(OCc3c(C4CC4)cccc3-n3nnn(C)c3=O)n2)cc1. The highest BCUT2D eigenvalue weighted by molar-refractivity contribution is 5.60. The molecule has 2 aromatic heterocycles. The largest absolute Gasteiger partial charge is 0.473 e. The first kappa shape index (κ1) is 19.2. The normalized spacial score (nSPS) is 13.4. The Morgan fingerprint density at radius 3 is 2.48 bits per heavy atom. The van der Waals surface area contributed by atoms with Crippen LogP contribution in [0.5, 0.6) is 5.88 Å². The minimum Gasteiger partial charge on any atom is -0.473 e. The smallest absolute Gasteiger partial charge is 0.368 e. The molecule has 0 bridgehead atoms. The summed E-state index contributed by atoms with van der Waals surface area (Å²) in [4.78, 5) is 17.1. The van der Waals surface area contributed by atoms with Gasteiger partial charge in [0.2, 0.25) is 5.88 Å². The molecule has 0 unspecified atom stereocenters. The predicted molar refractivity (Wildman–Crippen MR) is 117 cm³/mol. The van der Waals surface area contributed by atoms with Crippen molar-refractivity contribution in [3.63, 3.8) is 0 Å². The van der Waals surface area contributed by atoms with Gasteiger partial charge in [0.25, 0.3) is 0 Å².